The van der Waals surface area contributed by atoms with Gasteiger partial charge in [0.25, 0.3) is 0 Å². The predicted molar refractivity (Wildman–Crippen MR) is 115 cm³/mol. The maximum absolute atomic E-state index is 12.1. The highest BCUT2D eigenvalue weighted by Crippen LogP contribution is 2.36. The van der Waals surface area contributed by atoms with Crippen molar-refractivity contribution in [2.75, 3.05) is 26.3 Å². The topological polar surface area (TPSA) is 87.2 Å². The summed E-state index contributed by atoms with van der Waals surface area (Å²) in [5.41, 5.74) is 7.46. The third kappa shape index (κ3) is 3.36. The molecule has 4 aromatic rings. The molecule has 7 nitrogen and oxygen atoms in total. The largest absolute Gasteiger partial charge is 0.379 e. The van der Waals surface area contributed by atoms with Crippen molar-refractivity contribution in [3.63, 3.8) is 0 Å². The van der Waals surface area contributed by atoms with Crippen molar-refractivity contribution in [3.8, 4) is 22.3 Å². The van der Waals surface area contributed by atoms with E-state index in [1.54, 1.807) is 0 Å². The Kier molecular flexibility index (Phi) is 4.77. The first-order valence-corrected chi connectivity index (χ1v) is 10.2. The number of morpholine rings is 1. The molecule has 2 aromatic carbocycles. The number of aromatic nitrogens is 3. The van der Waals surface area contributed by atoms with Crippen molar-refractivity contribution in [1.82, 2.24) is 20.0 Å². The summed E-state index contributed by atoms with van der Waals surface area (Å²) in [7, 11) is 0. The van der Waals surface area contributed by atoms with Crippen LogP contribution in [0.2, 0.25) is 0 Å². The molecule has 3 heterocycles. The number of fused-ring (bicyclic) bond motifs is 1. The van der Waals surface area contributed by atoms with E-state index in [1.807, 2.05) is 26.0 Å². The number of benzene rings is 2. The molecule has 5 rings (SSSR count). The van der Waals surface area contributed by atoms with Gasteiger partial charge in [0.1, 0.15) is 5.76 Å². The third-order valence-electron chi connectivity index (χ3n) is 5.75. The van der Waals surface area contributed by atoms with Gasteiger partial charge < -0.3 is 19.2 Å². The van der Waals surface area contributed by atoms with E-state index in [-0.39, 0.29) is 5.69 Å². The summed E-state index contributed by atoms with van der Waals surface area (Å²) in [5, 5.41) is 4.10. The van der Waals surface area contributed by atoms with Crippen molar-refractivity contribution >= 4 is 11.0 Å². The van der Waals surface area contributed by atoms with Gasteiger partial charge in [0.05, 0.1) is 29.9 Å². The maximum Gasteiger partial charge on any atom is 0.323 e. The number of nitrogens with zero attached hydrogens (tertiary/aromatic N) is 2. The summed E-state index contributed by atoms with van der Waals surface area (Å²) in [5.74, 6) is 0.761. The smallest absolute Gasteiger partial charge is 0.323 e. The van der Waals surface area contributed by atoms with E-state index in [4.69, 9.17) is 9.26 Å². The van der Waals surface area contributed by atoms with Gasteiger partial charge >= 0.3 is 5.69 Å². The van der Waals surface area contributed by atoms with Crippen LogP contribution >= 0.6 is 0 Å². The Morgan fingerprint density at radius 2 is 1.87 bits per heavy atom. The molecule has 1 aliphatic rings. The first-order chi connectivity index (χ1) is 14.6. The van der Waals surface area contributed by atoms with Gasteiger partial charge in [-0.2, -0.15) is 0 Å². The van der Waals surface area contributed by atoms with Gasteiger partial charge in [-0.05, 0) is 42.7 Å². The van der Waals surface area contributed by atoms with E-state index in [9.17, 15) is 4.79 Å². The van der Waals surface area contributed by atoms with Crippen LogP contribution in [0.1, 0.15) is 17.0 Å². The average molecular weight is 404 g/mol. The minimum absolute atomic E-state index is 0.215. The number of H-pyrrole nitrogens is 2. The maximum atomic E-state index is 12.1. The van der Waals surface area contributed by atoms with Crippen LogP contribution in [0, 0.1) is 13.8 Å². The molecule has 154 valence electrons. The molecule has 0 aliphatic carbocycles. The Bertz CT molecular complexity index is 1240. The molecule has 0 atom stereocenters. The first-order valence-electron chi connectivity index (χ1n) is 10.2. The van der Waals surface area contributed by atoms with Crippen LogP contribution in [0.25, 0.3) is 33.3 Å². The molecule has 1 saturated heterocycles. The zero-order chi connectivity index (χ0) is 20.7. The van der Waals surface area contributed by atoms with Crippen LogP contribution in [0.4, 0.5) is 0 Å². The van der Waals surface area contributed by atoms with Crippen molar-refractivity contribution in [2.24, 2.45) is 0 Å². The molecule has 2 aromatic heterocycles. The molecule has 1 fully saturated rings. The molecule has 1 aliphatic heterocycles. The Balaban J connectivity index is 1.68. The Hall–Kier alpha value is -3.16. The van der Waals surface area contributed by atoms with Gasteiger partial charge in [-0.25, -0.2) is 4.79 Å². The van der Waals surface area contributed by atoms with E-state index in [0.717, 1.165) is 77.6 Å². The number of hydrogen-bond donors (Lipinski definition) is 2. The highest BCUT2D eigenvalue weighted by atomic mass is 16.5. The van der Waals surface area contributed by atoms with E-state index >= 15 is 0 Å². The number of hydrogen-bond acceptors (Lipinski definition) is 5. The molecule has 2 N–H and O–H groups in total. The van der Waals surface area contributed by atoms with Crippen LogP contribution in [0.15, 0.2) is 45.7 Å². The molecule has 0 radical (unpaired) electrons. The zero-order valence-corrected chi connectivity index (χ0v) is 17.1. The van der Waals surface area contributed by atoms with Gasteiger partial charge in [-0.1, -0.05) is 29.4 Å². The second-order valence-electron chi connectivity index (χ2n) is 7.77. The third-order valence-corrected chi connectivity index (χ3v) is 5.75. The SMILES string of the molecule is Cc1noc(C)c1-c1cc(-c2ccccc2CN2CCOCC2)c2[nH]c(=O)[nH]c2c1. The Morgan fingerprint density at radius 3 is 2.63 bits per heavy atom. The predicted octanol–water partition coefficient (Wildman–Crippen LogP) is 3.63. The summed E-state index contributed by atoms with van der Waals surface area (Å²) in [6, 6.07) is 12.5. The number of imidazole rings is 1. The minimum Gasteiger partial charge on any atom is -0.379 e. The standard InChI is InChI=1S/C23H24N4O3/c1-14-21(15(2)30-26-14)17-11-19(22-20(12-17)24-23(28)25-22)18-6-4-3-5-16(18)13-27-7-9-29-10-8-27/h3-6,11-12H,7-10,13H2,1-2H3,(H2,24,25,28). The highest BCUT2D eigenvalue weighted by molar-refractivity contribution is 5.96. The summed E-state index contributed by atoms with van der Waals surface area (Å²) in [6.07, 6.45) is 0. The molecule has 7 heteroatoms. The number of rotatable bonds is 4. The van der Waals surface area contributed by atoms with Gasteiger partial charge in [0.15, 0.2) is 0 Å². The lowest BCUT2D eigenvalue weighted by Gasteiger charge is -2.27. The van der Waals surface area contributed by atoms with E-state index in [2.05, 4.69) is 44.3 Å². The van der Waals surface area contributed by atoms with Gasteiger partial charge in [-0.3, -0.25) is 4.90 Å². The van der Waals surface area contributed by atoms with Crippen LogP contribution in [-0.4, -0.2) is 46.3 Å². The lowest BCUT2D eigenvalue weighted by molar-refractivity contribution is 0.0342. The van der Waals surface area contributed by atoms with E-state index in [0.29, 0.717) is 0 Å². The Labute approximate surface area is 173 Å². The molecule has 0 amide bonds. The fourth-order valence-electron chi connectivity index (χ4n) is 4.32. The second-order valence-corrected chi connectivity index (χ2v) is 7.77. The monoisotopic (exact) mass is 404 g/mol. The van der Waals surface area contributed by atoms with E-state index in [1.165, 1.54) is 5.56 Å². The molecular formula is C23H24N4O3. The molecule has 0 saturated carbocycles. The number of aryl methyl sites for hydroxylation is 2. The molecule has 0 bridgehead atoms. The molecule has 0 unspecified atom stereocenters. The summed E-state index contributed by atoms with van der Waals surface area (Å²) in [4.78, 5) is 20.4. The fourth-order valence-corrected chi connectivity index (χ4v) is 4.32. The van der Waals surface area contributed by atoms with Gasteiger partial charge in [-0.15, -0.1) is 0 Å². The number of nitrogens with one attached hydrogen (secondary N) is 2. The normalized spacial score (nSPS) is 15.1. The van der Waals surface area contributed by atoms with Crippen LogP contribution in [-0.2, 0) is 11.3 Å². The molecular weight excluding hydrogens is 380 g/mol. The van der Waals surface area contributed by atoms with Crippen molar-refractivity contribution in [1.29, 1.82) is 0 Å². The second kappa shape index (κ2) is 7.59. The van der Waals surface area contributed by atoms with Crippen LogP contribution in [0.5, 0.6) is 0 Å². The quantitative estimate of drug-likeness (QED) is 0.542. The van der Waals surface area contributed by atoms with Gasteiger partial charge in [0, 0.05) is 30.8 Å². The average Bonchev–Trinajstić information content (AvgIpc) is 3.29. The molecule has 0 spiro atoms. The van der Waals surface area contributed by atoms with Gasteiger partial charge in [0.2, 0.25) is 0 Å². The lowest BCUT2D eigenvalue weighted by Crippen LogP contribution is -2.35. The van der Waals surface area contributed by atoms with Crippen molar-refractivity contribution in [2.45, 2.75) is 20.4 Å². The Morgan fingerprint density at radius 1 is 1.07 bits per heavy atom. The number of ether oxygens (including phenoxy) is 1. The lowest BCUT2D eigenvalue weighted by atomic mass is 9.93. The van der Waals surface area contributed by atoms with Crippen molar-refractivity contribution < 1.29 is 9.26 Å². The zero-order valence-electron chi connectivity index (χ0n) is 17.1. The fraction of sp³-hybridized carbons (Fsp3) is 0.304. The minimum atomic E-state index is -0.215. The van der Waals surface area contributed by atoms with Crippen LogP contribution in [0.3, 0.4) is 0 Å². The summed E-state index contributed by atoms with van der Waals surface area (Å²) >= 11 is 0. The number of aromatic amines is 2. The summed E-state index contributed by atoms with van der Waals surface area (Å²) in [6.45, 7) is 8.05. The van der Waals surface area contributed by atoms with Crippen molar-refractivity contribution in [3.05, 3.63) is 63.9 Å². The van der Waals surface area contributed by atoms with E-state index < -0.39 is 0 Å². The highest BCUT2D eigenvalue weighted by Gasteiger charge is 2.19. The summed E-state index contributed by atoms with van der Waals surface area (Å²) < 4.78 is 10.9. The first kappa shape index (κ1) is 18.8. The molecule has 30 heavy (non-hydrogen) atoms. The van der Waals surface area contributed by atoms with Crippen LogP contribution < -0.4 is 5.69 Å².